The lowest BCUT2D eigenvalue weighted by Gasteiger charge is -2.32. The van der Waals surface area contributed by atoms with Crippen molar-refractivity contribution in [2.24, 2.45) is 0 Å². The van der Waals surface area contributed by atoms with Crippen LogP contribution >= 0.6 is 11.6 Å². The summed E-state index contributed by atoms with van der Waals surface area (Å²) in [4.78, 5) is 4.36. The average molecular weight is 284 g/mol. The van der Waals surface area contributed by atoms with E-state index in [1.807, 2.05) is 27.7 Å². The SMILES string of the molecule is COCc1c(Cl)ccnc1B1OC(C)(C)C(C)(C)O1. The van der Waals surface area contributed by atoms with Crippen molar-refractivity contribution < 1.29 is 14.0 Å². The van der Waals surface area contributed by atoms with Gasteiger partial charge in [-0.15, -0.1) is 0 Å². The molecule has 1 fully saturated rings. The smallest absolute Gasteiger partial charge is 0.398 e. The number of methoxy groups -OCH3 is 1. The Morgan fingerprint density at radius 1 is 1.26 bits per heavy atom. The highest BCUT2D eigenvalue weighted by molar-refractivity contribution is 6.62. The second-order valence-electron chi connectivity index (χ2n) is 5.68. The molecule has 19 heavy (non-hydrogen) atoms. The quantitative estimate of drug-likeness (QED) is 0.797. The van der Waals surface area contributed by atoms with Gasteiger partial charge in [0, 0.05) is 23.9 Å². The number of halogens is 1. The van der Waals surface area contributed by atoms with Gasteiger partial charge in [-0.05, 0) is 33.8 Å². The molecule has 0 spiro atoms. The average Bonchev–Trinajstić information content (AvgIpc) is 2.51. The molecule has 4 nitrogen and oxygen atoms in total. The van der Waals surface area contributed by atoms with E-state index < -0.39 is 18.3 Å². The Morgan fingerprint density at radius 2 is 1.84 bits per heavy atom. The molecule has 0 atom stereocenters. The first-order valence-corrected chi connectivity index (χ1v) is 6.64. The topological polar surface area (TPSA) is 40.6 Å². The zero-order valence-electron chi connectivity index (χ0n) is 12.0. The van der Waals surface area contributed by atoms with Gasteiger partial charge in [0.25, 0.3) is 0 Å². The van der Waals surface area contributed by atoms with Crippen LogP contribution in [0.1, 0.15) is 33.3 Å². The number of hydrogen-bond donors (Lipinski definition) is 0. The first-order valence-electron chi connectivity index (χ1n) is 6.26. The molecule has 0 aliphatic carbocycles. The van der Waals surface area contributed by atoms with Crippen LogP contribution in [0.15, 0.2) is 12.3 Å². The van der Waals surface area contributed by atoms with Gasteiger partial charge in [0.05, 0.1) is 23.4 Å². The van der Waals surface area contributed by atoms with Crippen molar-refractivity contribution in [2.75, 3.05) is 7.11 Å². The van der Waals surface area contributed by atoms with Crippen molar-refractivity contribution in [1.82, 2.24) is 4.98 Å². The Bertz CT molecular complexity index is 463. The molecular weight excluding hydrogens is 264 g/mol. The number of nitrogens with zero attached hydrogens (tertiary/aromatic N) is 1. The van der Waals surface area contributed by atoms with Crippen molar-refractivity contribution in [3.63, 3.8) is 0 Å². The van der Waals surface area contributed by atoms with Crippen LogP contribution in [0.2, 0.25) is 5.02 Å². The predicted octanol–water partition coefficient (Wildman–Crippen LogP) is 2.18. The normalized spacial score (nSPS) is 20.8. The fourth-order valence-corrected chi connectivity index (χ4v) is 2.14. The summed E-state index contributed by atoms with van der Waals surface area (Å²) in [5.41, 5.74) is 0.705. The van der Waals surface area contributed by atoms with Crippen LogP contribution in [0, 0.1) is 0 Å². The van der Waals surface area contributed by atoms with Gasteiger partial charge < -0.3 is 14.0 Å². The van der Waals surface area contributed by atoms with E-state index in [4.69, 9.17) is 25.6 Å². The minimum absolute atomic E-state index is 0.381. The van der Waals surface area contributed by atoms with Crippen LogP contribution in [-0.2, 0) is 20.7 Å². The van der Waals surface area contributed by atoms with Crippen LogP contribution in [0.25, 0.3) is 0 Å². The molecule has 0 saturated carbocycles. The van der Waals surface area contributed by atoms with Gasteiger partial charge in [0.15, 0.2) is 0 Å². The summed E-state index contributed by atoms with van der Waals surface area (Å²) >= 11 is 6.20. The molecule has 2 heterocycles. The molecule has 1 saturated heterocycles. The molecule has 1 aromatic heterocycles. The predicted molar refractivity (Wildman–Crippen MR) is 75.7 cm³/mol. The summed E-state index contributed by atoms with van der Waals surface area (Å²) in [6.45, 7) is 8.41. The summed E-state index contributed by atoms with van der Waals surface area (Å²) in [6, 6.07) is 1.74. The highest BCUT2D eigenvalue weighted by Crippen LogP contribution is 2.36. The number of pyridine rings is 1. The van der Waals surface area contributed by atoms with Crippen molar-refractivity contribution >= 4 is 24.3 Å². The number of hydrogen-bond acceptors (Lipinski definition) is 4. The molecule has 0 aromatic carbocycles. The van der Waals surface area contributed by atoms with Crippen LogP contribution in [0.5, 0.6) is 0 Å². The second-order valence-corrected chi connectivity index (χ2v) is 6.09. The van der Waals surface area contributed by atoms with Gasteiger partial charge in [-0.25, -0.2) is 0 Å². The molecule has 1 aromatic rings. The van der Waals surface area contributed by atoms with Crippen molar-refractivity contribution in [3.05, 3.63) is 22.8 Å². The third kappa shape index (κ3) is 2.65. The van der Waals surface area contributed by atoms with Gasteiger partial charge in [0.2, 0.25) is 0 Å². The van der Waals surface area contributed by atoms with E-state index in [2.05, 4.69) is 4.98 Å². The summed E-state index contributed by atoms with van der Waals surface area (Å²) in [7, 11) is 1.10. The Balaban J connectivity index is 2.37. The molecule has 6 heteroatoms. The van der Waals surface area contributed by atoms with Crippen LogP contribution in [0.4, 0.5) is 0 Å². The maximum absolute atomic E-state index is 6.20. The Hall–Kier alpha value is -0.615. The Labute approximate surface area is 119 Å². The molecule has 0 bridgehead atoms. The summed E-state index contributed by atoms with van der Waals surface area (Å²) in [5.74, 6) is 0. The molecule has 2 rings (SSSR count). The fourth-order valence-electron chi connectivity index (χ4n) is 1.93. The van der Waals surface area contributed by atoms with Gasteiger partial charge in [0.1, 0.15) is 0 Å². The van der Waals surface area contributed by atoms with E-state index in [9.17, 15) is 0 Å². The van der Waals surface area contributed by atoms with Crippen molar-refractivity contribution in [2.45, 2.75) is 45.5 Å². The third-order valence-electron chi connectivity index (χ3n) is 3.80. The minimum Gasteiger partial charge on any atom is -0.398 e. The molecule has 0 amide bonds. The van der Waals surface area contributed by atoms with Gasteiger partial charge >= 0.3 is 7.12 Å². The number of rotatable bonds is 3. The summed E-state index contributed by atoms with van der Waals surface area (Å²) in [6.07, 6.45) is 1.65. The van der Waals surface area contributed by atoms with Crippen LogP contribution in [-0.4, -0.2) is 30.4 Å². The fraction of sp³-hybridized carbons (Fsp3) is 0.615. The molecule has 1 aliphatic rings. The molecule has 1 aliphatic heterocycles. The van der Waals surface area contributed by atoms with Crippen molar-refractivity contribution in [3.8, 4) is 0 Å². The van der Waals surface area contributed by atoms with E-state index in [-0.39, 0.29) is 0 Å². The molecular formula is C13H19BClNO3. The number of ether oxygens (including phenoxy) is 1. The molecule has 0 N–H and O–H groups in total. The van der Waals surface area contributed by atoms with Gasteiger partial charge in [-0.2, -0.15) is 0 Å². The Morgan fingerprint density at radius 3 is 2.37 bits per heavy atom. The highest BCUT2D eigenvalue weighted by Gasteiger charge is 2.53. The van der Waals surface area contributed by atoms with E-state index in [1.165, 1.54) is 0 Å². The van der Waals surface area contributed by atoms with E-state index >= 15 is 0 Å². The van der Waals surface area contributed by atoms with Gasteiger partial charge in [-0.3, -0.25) is 4.98 Å². The third-order valence-corrected chi connectivity index (χ3v) is 4.15. The standard InChI is InChI=1S/C13H19BClNO3/c1-12(2)13(3,4)19-14(18-12)11-9(8-17-5)10(15)6-7-16-11/h6-7H,8H2,1-5H3. The van der Waals surface area contributed by atoms with E-state index in [0.717, 1.165) is 5.56 Å². The molecule has 0 unspecified atom stereocenters. The molecule has 104 valence electrons. The monoisotopic (exact) mass is 283 g/mol. The highest BCUT2D eigenvalue weighted by atomic mass is 35.5. The van der Waals surface area contributed by atoms with Crippen molar-refractivity contribution in [1.29, 1.82) is 0 Å². The molecule has 0 radical (unpaired) electrons. The Kier molecular flexibility index (Phi) is 3.93. The minimum atomic E-state index is -0.520. The van der Waals surface area contributed by atoms with E-state index in [1.54, 1.807) is 19.4 Å². The lowest BCUT2D eigenvalue weighted by atomic mass is 9.81. The summed E-state index contributed by atoms with van der Waals surface area (Å²) < 4.78 is 17.2. The lowest BCUT2D eigenvalue weighted by molar-refractivity contribution is 0.00578. The maximum Gasteiger partial charge on any atom is 0.514 e. The van der Waals surface area contributed by atoms with Crippen LogP contribution < -0.4 is 5.59 Å². The number of aromatic nitrogens is 1. The zero-order chi connectivity index (χ0) is 14.3. The lowest BCUT2D eigenvalue weighted by Crippen LogP contribution is -2.41. The first-order chi connectivity index (χ1) is 8.78. The van der Waals surface area contributed by atoms with Gasteiger partial charge in [-0.1, -0.05) is 11.6 Å². The van der Waals surface area contributed by atoms with Crippen LogP contribution in [0.3, 0.4) is 0 Å². The largest absolute Gasteiger partial charge is 0.514 e. The maximum atomic E-state index is 6.20. The zero-order valence-corrected chi connectivity index (χ0v) is 12.7. The first kappa shape index (κ1) is 14.8. The summed E-state index contributed by atoms with van der Waals surface area (Å²) in [5, 5.41) is 0.613. The second kappa shape index (κ2) is 5.06. The van der Waals surface area contributed by atoms with E-state index in [0.29, 0.717) is 17.2 Å².